The number of rotatable bonds is 9. The average Bonchev–Trinajstić information content (AvgIpc) is 3.26. The minimum atomic E-state index is -0.918. The van der Waals surface area contributed by atoms with E-state index in [1.165, 1.54) is 0 Å². The van der Waals surface area contributed by atoms with Crippen molar-refractivity contribution < 1.29 is 19.4 Å². The summed E-state index contributed by atoms with van der Waals surface area (Å²) in [5.74, 6) is -0.306. The van der Waals surface area contributed by atoms with Gasteiger partial charge < -0.3 is 14.6 Å². The van der Waals surface area contributed by atoms with Crippen LogP contribution < -0.4 is 9.47 Å². The summed E-state index contributed by atoms with van der Waals surface area (Å²) in [6, 6.07) is 24.2. The van der Waals surface area contributed by atoms with Gasteiger partial charge in [0.25, 0.3) is 0 Å². The van der Waals surface area contributed by atoms with Crippen molar-refractivity contribution in [1.29, 1.82) is 0 Å². The van der Waals surface area contributed by atoms with E-state index in [1.807, 2.05) is 91.3 Å². The van der Waals surface area contributed by atoms with E-state index in [9.17, 15) is 9.90 Å². The zero-order valence-electron chi connectivity index (χ0n) is 19.8. The van der Waals surface area contributed by atoms with Gasteiger partial charge in [0.15, 0.2) is 0 Å². The molecule has 35 heavy (non-hydrogen) atoms. The van der Waals surface area contributed by atoms with Gasteiger partial charge in [-0.1, -0.05) is 35.9 Å². The molecule has 1 aromatic heterocycles. The minimum absolute atomic E-state index is 0.00402. The number of benzene rings is 3. The third kappa shape index (κ3) is 5.84. The van der Waals surface area contributed by atoms with Crippen LogP contribution in [0.4, 0.5) is 0 Å². The first kappa shape index (κ1) is 24.4. The third-order valence-corrected chi connectivity index (χ3v) is 5.81. The van der Waals surface area contributed by atoms with Gasteiger partial charge >= 0.3 is 5.97 Å². The molecule has 4 rings (SSSR count). The van der Waals surface area contributed by atoms with Gasteiger partial charge in [-0.15, -0.1) is 0 Å². The first-order chi connectivity index (χ1) is 16.8. The highest BCUT2D eigenvalue weighted by molar-refractivity contribution is 6.30. The van der Waals surface area contributed by atoms with Crippen molar-refractivity contribution in [1.82, 2.24) is 9.78 Å². The zero-order valence-corrected chi connectivity index (χ0v) is 20.6. The molecule has 4 aromatic rings. The fraction of sp³-hybridized carbons (Fsp3) is 0.214. The molecule has 0 aliphatic carbocycles. The second kappa shape index (κ2) is 10.7. The second-order valence-corrected chi connectivity index (χ2v) is 8.91. The van der Waals surface area contributed by atoms with Crippen molar-refractivity contribution in [3.05, 3.63) is 95.1 Å². The van der Waals surface area contributed by atoms with Crippen molar-refractivity contribution in [3.63, 3.8) is 0 Å². The van der Waals surface area contributed by atoms with Crippen molar-refractivity contribution in [2.45, 2.75) is 32.3 Å². The molecule has 0 radical (unpaired) electrons. The summed E-state index contributed by atoms with van der Waals surface area (Å²) in [6.45, 7) is 3.87. The number of aliphatic carboxylic acids is 1. The van der Waals surface area contributed by atoms with E-state index in [1.54, 1.807) is 13.2 Å². The lowest BCUT2D eigenvalue weighted by Gasteiger charge is -2.15. The highest BCUT2D eigenvalue weighted by atomic mass is 35.5. The number of carboxylic acids is 1. The van der Waals surface area contributed by atoms with Gasteiger partial charge in [0.05, 0.1) is 36.2 Å². The molecule has 1 atom stereocenters. The van der Waals surface area contributed by atoms with Crippen LogP contribution in [0.3, 0.4) is 0 Å². The largest absolute Gasteiger partial charge is 0.497 e. The topological polar surface area (TPSA) is 73.6 Å². The maximum absolute atomic E-state index is 12.3. The Kier molecular flexibility index (Phi) is 7.42. The Morgan fingerprint density at radius 1 is 1.00 bits per heavy atom. The maximum Gasteiger partial charge on any atom is 0.311 e. The molecule has 0 aliphatic heterocycles. The van der Waals surface area contributed by atoms with E-state index in [0.29, 0.717) is 22.0 Å². The van der Waals surface area contributed by atoms with Gasteiger partial charge in [0.1, 0.15) is 11.5 Å². The lowest BCUT2D eigenvalue weighted by Crippen LogP contribution is -2.15. The summed E-state index contributed by atoms with van der Waals surface area (Å²) in [5, 5.41) is 15.5. The summed E-state index contributed by atoms with van der Waals surface area (Å²) in [6.07, 6.45) is 0.222. The summed E-state index contributed by atoms with van der Waals surface area (Å²) < 4.78 is 12.9. The van der Waals surface area contributed by atoms with Crippen molar-refractivity contribution in [3.8, 4) is 28.4 Å². The summed E-state index contributed by atoms with van der Waals surface area (Å²) >= 11 is 6.10. The molecule has 0 spiro atoms. The molecule has 0 aliphatic rings. The van der Waals surface area contributed by atoms with Crippen LogP contribution in [-0.2, 0) is 11.2 Å². The number of aromatic nitrogens is 2. The Bertz CT molecular complexity index is 1300. The monoisotopic (exact) mass is 490 g/mol. The molecule has 0 fully saturated rings. The lowest BCUT2D eigenvalue weighted by molar-refractivity contribution is -0.138. The molecular weight excluding hydrogens is 464 g/mol. The van der Waals surface area contributed by atoms with E-state index in [0.717, 1.165) is 22.7 Å². The number of ether oxygens (including phenoxy) is 2. The Balaban J connectivity index is 1.73. The van der Waals surface area contributed by atoms with Crippen LogP contribution in [0, 0.1) is 0 Å². The maximum atomic E-state index is 12.3. The molecule has 1 unspecified atom stereocenters. The number of carboxylic acid groups (broad SMARTS) is 1. The summed E-state index contributed by atoms with van der Waals surface area (Å²) in [4.78, 5) is 12.3. The van der Waals surface area contributed by atoms with Crippen LogP contribution >= 0.6 is 11.6 Å². The molecule has 1 heterocycles. The number of hydrogen-bond acceptors (Lipinski definition) is 4. The quantitative estimate of drug-likeness (QED) is 0.294. The Morgan fingerprint density at radius 3 is 2.34 bits per heavy atom. The molecule has 7 heteroatoms. The number of halogens is 1. The highest BCUT2D eigenvalue weighted by Crippen LogP contribution is 2.30. The normalized spacial score (nSPS) is 11.9. The predicted molar refractivity (Wildman–Crippen MR) is 137 cm³/mol. The van der Waals surface area contributed by atoms with Crippen LogP contribution in [0.5, 0.6) is 11.5 Å². The van der Waals surface area contributed by atoms with Gasteiger partial charge in [-0.05, 0) is 74.0 Å². The Morgan fingerprint density at radius 2 is 1.71 bits per heavy atom. The van der Waals surface area contributed by atoms with Gasteiger partial charge in [0.2, 0.25) is 0 Å². The van der Waals surface area contributed by atoms with E-state index in [-0.39, 0.29) is 12.5 Å². The highest BCUT2D eigenvalue weighted by Gasteiger charge is 2.24. The first-order valence-corrected chi connectivity index (χ1v) is 11.7. The van der Waals surface area contributed by atoms with Crippen LogP contribution in [0.25, 0.3) is 16.9 Å². The van der Waals surface area contributed by atoms with Crippen LogP contribution in [0.15, 0.2) is 78.9 Å². The smallest absolute Gasteiger partial charge is 0.311 e. The third-order valence-electron chi connectivity index (χ3n) is 5.56. The van der Waals surface area contributed by atoms with Gasteiger partial charge in [-0.25, -0.2) is 4.68 Å². The molecule has 180 valence electrons. The molecule has 0 amide bonds. The van der Waals surface area contributed by atoms with Crippen molar-refractivity contribution in [2.75, 3.05) is 7.11 Å². The van der Waals surface area contributed by atoms with Crippen LogP contribution in [-0.4, -0.2) is 34.1 Å². The van der Waals surface area contributed by atoms with Gasteiger partial charge in [-0.2, -0.15) is 5.10 Å². The number of nitrogens with zero attached hydrogens (tertiary/aromatic N) is 2. The number of carbonyl (C=O) groups is 1. The molecule has 0 saturated heterocycles. The van der Waals surface area contributed by atoms with Crippen LogP contribution in [0.2, 0.25) is 5.02 Å². The number of methoxy groups -OCH3 is 1. The van der Waals surface area contributed by atoms with Gasteiger partial charge in [-0.3, -0.25) is 4.79 Å². The number of hydrogen-bond donors (Lipinski definition) is 1. The van der Waals surface area contributed by atoms with E-state index < -0.39 is 11.9 Å². The van der Waals surface area contributed by atoms with Gasteiger partial charge in [0, 0.05) is 17.0 Å². The minimum Gasteiger partial charge on any atom is -0.497 e. The standard InChI is InChI=1S/C28H27ClN2O4/c1-18(2)35-25-6-4-5-20(15-25)26(28(32)33)16-22-17-27(19-7-9-21(29)10-8-19)31(30-22)23-11-13-24(34-3)14-12-23/h4-15,17-18,26H,16H2,1-3H3,(H,32,33). The van der Waals surface area contributed by atoms with E-state index in [2.05, 4.69) is 0 Å². The second-order valence-electron chi connectivity index (χ2n) is 8.47. The zero-order chi connectivity index (χ0) is 24.9. The van der Waals surface area contributed by atoms with Crippen molar-refractivity contribution in [2.24, 2.45) is 0 Å². The molecule has 3 aromatic carbocycles. The van der Waals surface area contributed by atoms with Crippen molar-refractivity contribution >= 4 is 17.6 Å². The molecule has 1 N–H and O–H groups in total. The fourth-order valence-electron chi connectivity index (χ4n) is 3.91. The Labute approximate surface area is 209 Å². The van der Waals surface area contributed by atoms with E-state index >= 15 is 0 Å². The predicted octanol–water partition coefficient (Wildman–Crippen LogP) is 6.40. The van der Waals surface area contributed by atoms with E-state index in [4.69, 9.17) is 26.2 Å². The molecule has 0 bridgehead atoms. The first-order valence-electron chi connectivity index (χ1n) is 11.3. The SMILES string of the molecule is COc1ccc(-n2nc(CC(C(=O)O)c3cccc(OC(C)C)c3)cc2-c2ccc(Cl)cc2)cc1. The average molecular weight is 491 g/mol. The summed E-state index contributed by atoms with van der Waals surface area (Å²) in [5.41, 5.74) is 3.92. The Hall–Kier alpha value is -3.77. The lowest BCUT2D eigenvalue weighted by atomic mass is 9.94. The van der Waals surface area contributed by atoms with Crippen LogP contribution in [0.1, 0.15) is 31.0 Å². The molecule has 0 saturated carbocycles. The summed E-state index contributed by atoms with van der Waals surface area (Å²) in [7, 11) is 1.62. The molecule has 6 nitrogen and oxygen atoms in total. The fourth-order valence-corrected chi connectivity index (χ4v) is 4.04. The molecular formula is C28H27ClN2O4.